The summed E-state index contributed by atoms with van der Waals surface area (Å²) in [5.41, 5.74) is 4.94. The third-order valence-electron chi connectivity index (χ3n) is 5.67. The lowest BCUT2D eigenvalue weighted by molar-refractivity contribution is -0.136. The average molecular weight is 460 g/mol. The van der Waals surface area contributed by atoms with Crippen molar-refractivity contribution in [3.05, 3.63) is 82.7 Å². The Morgan fingerprint density at radius 2 is 1.79 bits per heavy atom. The predicted molar refractivity (Wildman–Crippen MR) is 129 cm³/mol. The normalized spacial score (nSPS) is 11.5. The molecule has 1 amide bonds. The minimum Gasteiger partial charge on any atom is -0.486 e. The summed E-state index contributed by atoms with van der Waals surface area (Å²) in [6.45, 7) is 6.05. The number of carbonyl (C=O) groups is 2. The molecule has 1 heterocycles. The number of hydrogen-bond acceptors (Lipinski definition) is 4. The number of amides is 1. The van der Waals surface area contributed by atoms with Gasteiger partial charge in [-0.05, 0) is 67.8 Å². The zero-order valence-corrected chi connectivity index (χ0v) is 19.7. The van der Waals surface area contributed by atoms with E-state index in [-0.39, 0.29) is 25.0 Å². The molecule has 0 aliphatic heterocycles. The molecule has 0 aliphatic carbocycles. The number of carbonyl (C=O) groups excluding carboxylic acids is 1. The monoisotopic (exact) mass is 459 g/mol. The number of carboxylic acid groups (broad SMARTS) is 1. The van der Waals surface area contributed by atoms with Gasteiger partial charge in [0.1, 0.15) is 17.9 Å². The molecule has 2 N–H and O–H groups in total. The lowest BCUT2D eigenvalue weighted by Crippen LogP contribution is -2.26. The summed E-state index contributed by atoms with van der Waals surface area (Å²) in [5, 5.41) is 20.6. The first-order valence-corrected chi connectivity index (χ1v) is 11.3. The number of carboxylic acids is 1. The summed E-state index contributed by atoms with van der Waals surface area (Å²) in [6, 6.07) is 17.2. The van der Waals surface area contributed by atoms with Crippen LogP contribution in [0.5, 0.6) is 5.75 Å². The van der Waals surface area contributed by atoms with Gasteiger partial charge in [0.15, 0.2) is 0 Å². The van der Waals surface area contributed by atoms with Crippen molar-refractivity contribution in [3.63, 3.8) is 0 Å². The predicted octanol–water partition coefficient (Wildman–Crippen LogP) is 5.09. The molecule has 7 nitrogen and oxygen atoms in total. The molecule has 0 spiro atoms. The molecule has 0 saturated heterocycles. The Morgan fingerprint density at radius 1 is 1.12 bits per heavy atom. The summed E-state index contributed by atoms with van der Waals surface area (Å²) >= 11 is 0. The van der Waals surface area contributed by atoms with Gasteiger partial charge in [-0.2, -0.15) is 5.26 Å². The maximum atomic E-state index is 12.2. The van der Waals surface area contributed by atoms with Crippen molar-refractivity contribution in [2.24, 2.45) is 0 Å². The van der Waals surface area contributed by atoms with Crippen molar-refractivity contribution >= 4 is 11.9 Å². The molecule has 0 saturated carbocycles. The molecule has 0 aliphatic rings. The highest BCUT2D eigenvalue weighted by Gasteiger charge is 2.15. The number of rotatable bonds is 10. The number of hydrogen-bond donors (Lipinski definition) is 2. The molecule has 0 fully saturated rings. The summed E-state index contributed by atoms with van der Waals surface area (Å²) in [5.74, 6) is -0.514. The largest absolute Gasteiger partial charge is 0.486 e. The number of ether oxygens (including phenoxy) is 1. The zero-order chi connectivity index (χ0) is 24.7. The maximum Gasteiger partial charge on any atom is 0.305 e. The van der Waals surface area contributed by atoms with E-state index >= 15 is 0 Å². The summed E-state index contributed by atoms with van der Waals surface area (Å²) < 4.78 is 8.28. The fraction of sp³-hybridized carbons (Fsp3) is 0.296. The summed E-state index contributed by atoms with van der Waals surface area (Å²) in [7, 11) is 0. The molecule has 176 valence electrons. The van der Waals surface area contributed by atoms with E-state index in [1.165, 1.54) is 0 Å². The van der Waals surface area contributed by atoms with E-state index in [1.54, 1.807) is 12.1 Å². The standard InChI is InChI=1S/C27H29N3O4/c1-4-5-25(20-6-8-21(9-7-20)27(33)29-15-14-26(31)32)34-23-12-10-22(11-13-23)30-17-18(2)24(16-28)19(30)3/h6-13,17,25H,4-5,14-15H2,1-3H3,(H,29,33)(H,31,32). The smallest absolute Gasteiger partial charge is 0.305 e. The van der Waals surface area contributed by atoms with Crippen LogP contribution in [0.25, 0.3) is 5.69 Å². The number of benzene rings is 2. The third kappa shape index (κ3) is 5.84. The molecule has 1 unspecified atom stereocenters. The van der Waals surface area contributed by atoms with Crippen LogP contribution in [0.3, 0.4) is 0 Å². The van der Waals surface area contributed by atoms with E-state index < -0.39 is 5.97 Å². The van der Waals surface area contributed by atoms with E-state index in [1.807, 2.05) is 61.0 Å². The van der Waals surface area contributed by atoms with Crippen LogP contribution in [-0.4, -0.2) is 28.1 Å². The molecule has 1 atom stereocenters. The summed E-state index contributed by atoms with van der Waals surface area (Å²) in [4.78, 5) is 22.8. The Labute approximate surface area is 199 Å². The van der Waals surface area contributed by atoms with Gasteiger partial charge in [0.2, 0.25) is 0 Å². The van der Waals surface area contributed by atoms with Crippen LogP contribution in [0.1, 0.15) is 65.0 Å². The highest BCUT2D eigenvalue weighted by molar-refractivity contribution is 5.94. The van der Waals surface area contributed by atoms with Gasteiger partial charge >= 0.3 is 5.97 Å². The highest BCUT2D eigenvalue weighted by Crippen LogP contribution is 2.28. The molecule has 7 heteroatoms. The van der Waals surface area contributed by atoms with E-state index in [0.29, 0.717) is 11.1 Å². The first-order chi connectivity index (χ1) is 16.3. The van der Waals surface area contributed by atoms with Crippen LogP contribution in [0.4, 0.5) is 0 Å². The minimum absolute atomic E-state index is 0.0907. The quantitative estimate of drug-likeness (QED) is 0.439. The maximum absolute atomic E-state index is 12.2. The van der Waals surface area contributed by atoms with Crippen LogP contribution >= 0.6 is 0 Å². The number of nitrogens with zero attached hydrogens (tertiary/aromatic N) is 2. The Kier molecular flexibility index (Phi) is 8.10. The molecular weight excluding hydrogens is 430 g/mol. The van der Waals surface area contributed by atoms with Gasteiger partial charge in [-0.3, -0.25) is 9.59 Å². The topological polar surface area (TPSA) is 104 Å². The van der Waals surface area contributed by atoms with Crippen LogP contribution in [0, 0.1) is 25.2 Å². The SMILES string of the molecule is CCCC(Oc1ccc(-n2cc(C)c(C#N)c2C)cc1)c1ccc(C(=O)NCCC(=O)O)cc1. The molecular formula is C27H29N3O4. The first-order valence-electron chi connectivity index (χ1n) is 11.3. The van der Waals surface area contributed by atoms with Gasteiger partial charge in [-0.15, -0.1) is 0 Å². The second-order valence-electron chi connectivity index (χ2n) is 8.17. The van der Waals surface area contributed by atoms with Gasteiger partial charge in [0.05, 0.1) is 12.0 Å². The van der Waals surface area contributed by atoms with E-state index in [2.05, 4.69) is 18.3 Å². The van der Waals surface area contributed by atoms with E-state index in [4.69, 9.17) is 9.84 Å². The van der Waals surface area contributed by atoms with Crippen molar-refractivity contribution in [1.82, 2.24) is 9.88 Å². The molecule has 0 bridgehead atoms. The third-order valence-corrected chi connectivity index (χ3v) is 5.67. The van der Waals surface area contributed by atoms with Gasteiger partial charge < -0.3 is 19.7 Å². The minimum atomic E-state index is -0.950. The van der Waals surface area contributed by atoms with Gasteiger partial charge in [-0.25, -0.2) is 0 Å². The van der Waals surface area contributed by atoms with Crippen LogP contribution in [0.2, 0.25) is 0 Å². The van der Waals surface area contributed by atoms with Crippen molar-refractivity contribution in [2.45, 2.75) is 46.1 Å². The second-order valence-corrected chi connectivity index (χ2v) is 8.17. The number of aromatic nitrogens is 1. The Hall–Kier alpha value is -4.05. The van der Waals surface area contributed by atoms with Crippen molar-refractivity contribution < 1.29 is 19.4 Å². The number of aliphatic carboxylic acids is 1. The number of nitrogens with one attached hydrogen (secondary N) is 1. The second kappa shape index (κ2) is 11.2. The Bertz CT molecular complexity index is 1190. The number of aryl methyl sites for hydroxylation is 1. The van der Waals surface area contributed by atoms with Gasteiger partial charge in [0.25, 0.3) is 5.91 Å². The average Bonchev–Trinajstić information content (AvgIpc) is 3.12. The molecule has 0 radical (unpaired) electrons. The van der Waals surface area contributed by atoms with Crippen molar-refractivity contribution in [3.8, 4) is 17.5 Å². The van der Waals surface area contributed by atoms with Gasteiger partial charge in [-0.1, -0.05) is 25.5 Å². The van der Waals surface area contributed by atoms with Crippen molar-refractivity contribution in [1.29, 1.82) is 5.26 Å². The van der Waals surface area contributed by atoms with E-state index in [9.17, 15) is 14.9 Å². The molecule has 2 aromatic carbocycles. The van der Waals surface area contributed by atoms with Crippen LogP contribution in [0.15, 0.2) is 54.7 Å². The van der Waals surface area contributed by atoms with Crippen LogP contribution < -0.4 is 10.1 Å². The fourth-order valence-electron chi connectivity index (χ4n) is 3.84. The molecule has 3 aromatic rings. The number of nitriles is 1. The highest BCUT2D eigenvalue weighted by atomic mass is 16.5. The molecule has 34 heavy (non-hydrogen) atoms. The van der Waals surface area contributed by atoms with Crippen LogP contribution in [-0.2, 0) is 4.79 Å². The van der Waals surface area contributed by atoms with Gasteiger partial charge in [0, 0.05) is 29.7 Å². The Balaban J connectivity index is 1.71. The van der Waals surface area contributed by atoms with E-state index in [0.717, 1.165) is 41.1 Å². The zero-order valence-electron chi connectivity index (χ0n) is 19.7. The Morgan fingerprint density at radius 3 is 2.35 bits per heavy atom. The van der Waals surface area contributed by atoms with Crippen molar-refractivity contribution in [2.75, 3.05) is 6.54 Å². The lowest BCUT2D eigenvalue weighted by Gasteiger charge is -2.20. The molecule has 1 aromatic heterocycles. The summed E-state index contributed by atoms with van der Waals surface area (Å²) in [6.07, 6.45) is 3.42. The first kappa shape index (κ1) is 24.6. The lowest BCUT2D eigenvalue weighted by atomic mass is 10.0. The fourth-order valence-corrected chi connectivity index (χ4v) is 3.84. The molecule has 3 rings (SSSR count).